The van der Waals surface area contributed by atoms with Gasteiger partial charge in [-0.25, -0.2) is 14.8 Å². The lowest BCUT2D eigenvalue weighted by atomic mass is 10.1. The third kappa shape index (κ3) is 3.88. The molecule has 2 aromatic carbocycles. The lowest BCUT2D eigenvalue weighted by molar-refractivity contribution is -0.384. The Kier molecular flexibility index (Phi) is 4.89. The van der Waals surface area contributed by atoms with E-state index in [0.717, 1.165) is 26.7 Å². The molecule has 5 aromatic rings. The second-order valence-corrected chi connectivity index (χ2v) is 8.54. The molecule has 9 heteroatoms. The summed E-state index contributed by atoms with van der Waals surface area (Å²) >= 11 is 2.94. The Labute approximate surface area is 183 Å². The Balaban J connectivity index is 1.37. The van der Waals surface area contributed by atoms with E-state index in [1.165, 1.54) is 34.8 Å². The standard InChI is InChI=1S/C22H13N3O4S2/c26-22-17(9-14-3-1-2-4-19(14)29-22)18-12-30-20(24-18)10-15-11-31-21(23-15)13-5-7-16(8-6-13)25(27)28/h1-9,11-12H,10H2. The number of nitrogens with zero attached hydrogens (tertiary/aromatic N) is 3. The van der Waals surface area contributed by atoms with Crippen molar-refractivity contribution < 1.29 is 9.34 Å². The van der Waals surface area contributed by atoms with E-state index in [1.54, 1.807) is 24.3 Å². The molecule has 0 aliphatic carbocycles. The first-order valence-corrected chi connectivity index (χ1v) is 11.0. The summed E-state index contributed by atoms with van der Waals surface area (Å²) in [6.07, 6.45) is 0.535. The fourth-order valence-corrected chi connectivity index (χ4v) is 4.79. The minimum atomic E-state index is -0.423. The molecule has 0 fully saturated rings. The van der Waals surface area contributed by atoms with E-state index in [0.29, 0.717) is 23.3 Å². The molecule has 31 heavy (non-hydrogen) atoms. The zero-order valence-corrected chi connectivity index (χ0v) is 17.5. The Hall–Kier alpha value is -3.69. The number of aromatic nitrogens is 2. The summed E-state index contributed by atoms with van der Waals surface area (Å²) in [5.74, 6) is 0. The van der Waals surface area contributed by atoms with Crippen molar-refractivity contribution in [2.24, 2.45) is 0 Å². The molecular formula is C22H13N3O4S2. The third-order valence-electron chi connectivity index (χ3n) is 4.68. The second kappa shape index (κ2) is 7.86. The topological polar surface area (TPSA) is 99.1 Å². The maximum Gasteiger partial charge on any atom is 0.345 e. The number of benzene rings is 2. The predicted molar refractivity (Wildman–Crippen MR) is 121 cm³/mol. The van der Waals surface area contributed by atoms with Crippen LogP contribution in [-0.2, 0) is 6.42 Å². The van der Waals surface area contributed by atoms with Crippen molar-refractivity contribution in [2.45, 2.75) is 6.42 Å². The van der Waals surface area contributed by atoms with Crippen molar-refractivity contribution in [3.05, 3.63) is 96.6 Å². The van der Waals surface area contributed by atoms with Crippen molar-refractivity contribution in [2.75, 3.05) is 0 Å². The fourth-order valence-electron chi connectivity index (χ4n) is 3.16. The first kappa shape index (κ1) is 19.3. The maximum absolute atomic E-state index is 12.4. The summed E-state index contributed by atoms with van der Waals surface area (Å²) < 4.78 is 5.41. The highest BCUT2D eigenvalue weighted by molar-refractivity contribution is 7.13. The van der Waals surface area contributed by atoms with Gasteiger partial charge in [0.15, 0.2) is 0 Å². The largest absolute Gasteiger partial charge is 0.422 e. The lowest BCUT2D eigenvalue weighted by Crippen LogP contribution is -2.03. The molecule has 0 bridgehead atoms. The van der Waals surface area contributed by atoms with E-state index in [-0.39, 0.29) is 5.69 Å². The molecule has 0 saturated carbocycles. The van der Waals surface area contributed by atoms with Gasteiger partial charge in [-0.05, 0) is 24.3 Å². The molecule has 0 amide bonds. The molecule has 5 rings (SSSR count). The van der Waals surface area contributed by atoms with E-state index in [4.69, 9.17) is 4.42 Å². The number of para-hydroxylation sites is 1. The number of nitro benzene ring substituents is 1. The lowest BCUT2D eigenvalue weighted by Gasteiger charge is -1.99. The average molecular weight is 447 g/mol. The molecule has 0 N–H and O–H groups in total. The van der Waals surface area contributed by atoms with Crippen molar-refractivity contribution in [3.63, 3.8) is 0 Å². The molecule has 3 heterocycles. The quantitative estimate of drug-likeness (QED) is 0.199. The second-order valence-electron chi connectivity index (χ2n) is 6.74. The first-order chi connectivity index (χ1) is 15.1. The van der Waals surface area contributed by atoms with Gasteiger partial charge in [-0.2, -0.15) is 0 Å². The number of hydrogen-bond donors (Lipinski definition) is 0. The van der Waals surface area contributed by atoms with Crippen LogP contribution in [0, 0.1) is 10.1 Å². The number of rotatable bonds is 5. The van der Waals surface area contributed by atoms with Crippen LogP contribution < -0.4 is 5.63 Å². The summed E-state index contributed by atoms with van der Waals surface area (Å²) in [4.78, 5) is 32.0. The summed E-state index contributed by atoms with van der Waals surface area (Å²) in [7, 11) is 0. The summed E-state index contributed by atoms with van der Waals surface area (Å²) in [5, 5.41) is 17.1. The molecule has 0 radical (unpaired) electrons. The Morgan fingerprint density at radius 3 is 2.61 bits per heavy atom. The van der Waals surface area contributed by atoms with Crippen molar-refractivity contribution >= 4 is 39.3 Å². The van der Waals surface area contributed by atoms with Crippen LogP contribution in [0.5, 0.6) is 0 Å². The number of non-ortho nitro benzene ring substituents is 1. The minimum absolute atomic E-state index is 0.0500. The molecular weight excluding hydrogens is 434 g/mol. The zero-order valence-electron chi connectivity index (χ0n) is 15.8. The van der Waals surface area contributed by atoms with Crippen LogP contribution in [0.15, 0.2) is 74.6 Å². The Bertz CT molecular complexity index is 1470. The molecule has 0 aliphatic rings. The first-order valence-electron chi connectivity index (χ1n) is 9.24. The van der Waals surface area contributed by atoms with E-state index in [1.807, 2.05) is 29.0 Å². The van der Waals surface area contributed by atoms with Gasteiger partial charge in [0.05, 0.1) is 26.9 Å². The monoisotopic (exact) mass is 447 g/mol. The normalized spacial score (nSPS) is 11.1. The molecule has 0 unspecified atom stereocenters. The maximum atomic E-state index is 12.4. The van der Waals surface area contributed by atoms with Gasteiger partial charge < -0.3 is 4.42 Å². The van der Waals surface area contributed by atoms with Crippen LogP contribution in [-0.4, -0.2) is 14.9 Å². The van der Waals surface area contributed by atoms with Gasteiger partial charge >= 0.3 is 5.63 Å². The molecule has 3 aromatic heterocycles. The number of fused-ring (bicyclic) bond motifs is 1. The van der Waals surface area contributed by atoms with Crippen LogP contribution in [0.4, 0.5) is 5.69 Å². The molecule has 0 atom stereocenters. The van der Waals surface area contributed by atoms with Crippen molar-refractivity contribution in [1.82, 2.24) is 9.97 Å². The number of nitro groups is 1. The summed E-state index contributed by atoms with van der Waals surface area (Å²) in [5.41, 5.74) is 2.89. The molecule has 0 saturated heterocycles. The smallest absolute Gasteiger partial charge is 0.345 e. The van der Waals surface area contributed by atoms with Gasteiger partial charge in [-0.1, -0.05) is 18.2 Å². The highest BCUT2D eigenvalue weighted by Crippen LogP contribution is 2.28. The highest BCUT2D eigenvalue weighted by Gasteiger charge is 2.14. The molecule has 0 aliphatic heterocycles. The van der Waals surface area contributed by atoms with E-state index < -0.39 is 10.5 Å². The molecule has 0 spiro atoms. The van der Waals surface area contributed by atoms with Gasteiger partial charge in [0.1, 0.15) is 10.6 Å². The third-order valence-corrected chi connectivity index (χ3v) is 6.47. The van der Waals surface area contributed by atoms with Crippen LogP contribution in [0.25, 0.3) is 32.8 Å². The fraction of sp³-hybridized carbons (Fsp3) is 0.0455. The van der Waals surface area contributed by atoms with Gasteiger partial charge in [0, 0.05) is 40.3 Å². The Morgan fingerprint density at radius 2 is 1.81 bits per heavy atom. The van der Waals surface area contributed by atoms with Crippen molar-refractivity contribution in [3.8, 4) is 21.8 Å². The Morgan fingerprint density at radius 1 is 1.00 bits per heavy atom. The van der Waals surface area contributed by atoms with E-state index in [9.17, 15) is 14.9 Å². The molecule has 152 valence electrons. The van der Waals surface area contributed by atoms with Crippen LogP contribution in [0.1, 0.15) is 10.7 Å². The average Bonchev–Trinajstić information content (AvgIpc) is 3.43. The summed E-state index contributed by atoms with van der Waals surface area (Å²) in [6, 6.07) is 15.5. The van der Waals surface area contributed by atoms with Gasteiger partial charge in [0.2, 0.25) is 0 Å². The van der Waals surface area contributed by atoms with Gasteiger partial charge in [-0.3, -0.25) is 10.1 Å². The van der Waals surface area contributed by atoms with Crippen LogP contribution in [0.2, 0.25) is 0 Å². The number of thiazole rings is 2. The minimum Gasteiger partial charge on any atom is -0.422 e. The van der Waals surface area contributed by atoms with Crippen molar-refractivity contribution in [1.29, 1.82) is 0 Å². The van der Waals surface area contributed by atoms with Gasteiger partial charge in [-0.15, -0.1) is 22.7 Å². The SMILES string of the molecule is O=c1oc2ccccc2cc1-c1csc(Cc2csc(-c3ccc([N+](=O)[O-])cc3)n2)n1. The molecule has 7 nitrogen and oxygen atoms in total. The highest BCUT2D eigenvalue weighted by atomic mass is 32.1. The van der Waals surface area contributed by atoms with Crippen LogP contribution >= 0.6 is 22.7 Å². The summed E-state index contributed by atoms with van der Waals surface area (Å²) in [6.45, 7) is 0. The predicted octanol–water partition coefficient (Wildman–Crippen LogP) is 5.54. The van der Waals surface area contributed by atoms with E-state index in [2.05, 4.69) is 9.97 Å². The zero-order chi connectivity index (χ0) is 21.4. The van der Waals surface area contributed by atoms with Crippen LogP contribution in [0.3, 0.4) is 0 Å². The van der Waals surface area contributed by atoms with E-state index >= 15 is 0 Å². The van der Waals surface area contributed by atoms with Gasteiger partial charge in [0.25, 0.3) is 5.69 Å². The number of hydrogen-bond acceptors (Lipinski definition) is 8.